The monoisotopic (exact) mass is 641 g/mol. The number of alkyl halides is 9. The van der Waals surface area contributed by atoms with Crippen molar-refractivity contribution in [3.05, 3.63) is 131 Å². The lowest BCUT2D eigenvalue weighted by molar-refractivity contribution is -0.275. The zero-order chi connectivity index (χ0) is 32.9. The Labute approximate surface area is 251 Å². The number of amides is 1. The van der Waals surface area contributed by atoms with Gasteiger partial charge in [-0.3, -0.25) is 4.79 Å². The van der Waals surface area contributed by atoms with Crippen LogP contribution in [0.5, 0.6) is 11.5 Å². The fraction of sp³-hybridized carbons (Fsp3) is 0.219. The molecule has 4 nitrogen and oxygen atoms in total. The first-order chi connectivity index (χ1) is 21.0. The van der Waals surface area contributed by atoms with Crippen LogP contribution in [0.1, 0.15) is 27.8 Å². The summed E-state index contributed by atoms with van der Waals surface area (Å²) < 4.78 is 127. The van der Waals surface area contributed by atoms with Gasteiger partial charge in [-0.05, 0) is 59.0 Å². The molecule has 0 aliphatic carbocycles. The quantitative estimate of drug-likeness (QED) is 0.177. The van der Waals surface area contributed by atoms with Gasteiger partial charge in [-0.25, -0.2) is 0 Å². The molecule has 0 atom stereocenters. The van der Waals surface area contributed by atoms with Crippen molar-refractivity contribution in [2.45, 2.75) is 37.2 Å². The third kappa shape index (κ3) is 9.40. The van der Waals surface area contributed by atoms with E-state index in [1.165, 1.54) is 30.3 Å². The van der Waals surface area contributed by atoms with E-state index < -0.39 is 53.7 Å². The van der Waals surface area contributed by atoms with E-state index in [4.69, 9.17) is 0 Å². The lowest BCUT2D eigenvalue weighted by Crippen LogP contribution is -2.44. The van der Waals surface area contributed by atoms with Gasteiger partial charge in [0.25, 0.3) is 0 Å². The summed E-state index contributed by atoms with van der Waals surface area (Å²) in [5, 5.41) is 2.64. The lowest BCUT2D eigenvalue weighted by Gasteiger charge is -2.36. The van der Waals surface area contributed by atoms with Crippen LogP contribution in [0.4, 0.5) is 39.5 Å². The fourth-order valence-electron chi connectivity index (χ4n) is 4.92. The minimum absolute atomic E-state index is 0.0390. The van der Waals surface area contributed by atoms with Gasteiger partial charge in [0.05, 0.1) is 12.0 Å². The summed E-state index contributed by atoms with van der Waals surface area (Å²) in [6.07, 6.45) is -15.3. The molecule has 0 spiro atoms. The first-order valence-corrected chi connectivity index (χ1v) is 13.2. The molecule has 1 amide bonds. The predicted octanol–water partition coefficient (Wildman–Crippen LogP) is 8.39. The summed E-state index contributed by atoms with van der Waals surface area (Å²) in [6, 6.07) is 22.2. The van der Waals surface area contributed by atoms with Crippen molar-refractivity contribution >= 4 is 5.91 Å². The minimum atomic E-state index is -5.06. The highest BCUT2D eigenvalue weighted by atomic mass is 19.4. The van der Waals surface area contributed by atoms with Crippen LogP contribution in [0, 0.1) is 0 Å². The summed E-state index contributed by atoms with van der Waals surface area (Å²) in [5.74, 6) is -1.97. The van der Waals surface area contributed by atoms with Gasteiger partial charge in [0.15, 0.2) is 0 Å². The molecular weight excluding hydrogens is 617 g/mol. The summed E-state index contributed by atoms with van der Waals surface area (Å²) >= 11 is 0. The third-order valence-electron chi connectivity index (χ3n) is 6.80. The van der Waals surface area contributed by atoms with Crippen LogP contribution in [0.15, 0.2) is 103 Å². The van der Waals surface area contributed by atoms with Gasteiger partial charge in [0.1, 0.15) is 11.5 Å². The molecule has 0 aliphatic heterocycles. The predicted molar refractivity (Wildman–Crippen MR) is 145 cm³/mol. The Hall–Kier alpha value is -4.68. The Balaban J connectivity index is 1.80. The van der Waals surface area contributed by atoms with E-state index in [0.717, 1.165) is 42.5 Å². The van der Waals surface area contributed by atoms with Crippen LogP contribution in [0.2, 0.25) is 0 Å². The van der Waals surface area contributed by atoms with E-state index in [-0.39, 0.29) is 29.7 Å². The SMILES string of the molecule is O=C(Cc1cccc(C(F)(F)F)c1)NCC(Cc1ccccc1)(c1cccc(OC(F)(F)F)c1)c1cccc(OC(F)(F)F)c1. The molecule has 0 radical (unpaired) electrons. The molecule has 0 unspecified atom stereocenters. The van der Waals surface area contributed by atoms with Gasteiger partial charge in [0, 0.05) is 12.0 Å². The van der Waals surface area contributed by atoms with E-state index in [2.05, 4.69) is 14.8 Å². The van der Waals surface area contributed by atoms with Crippen LogP contribution < -0.4 is 14.8 Å². The Kier molecular flexibility index (Phi) is 9.69. The Morgan fingerprint density at radius 3 is 1.58 bits per heavy atom. The lowest BCUT2D eigenvalue weighted by atomic mass is 9.70. The number of halogens is 9. The molecule has 45 heavy (non-hydrogen) atoms. The van der Waals surface area contributed by atoms with Crippen LogP contribution in [-0.2, 0) is 29.2 Å². The van der Waals surface area contributed by atoms with Crippen LogP contribution in [0.3, 0.4) is 0 Å². The van der Waals surface area contributed by atoms with Gasteiger partial charge >= 0.3 is 18.9 Å². The van der Waals surface area contributed by atoms with E-state index >= 15 is 0 Å². The van der Waals surface area contributed by atoms with Gasteiger partial charge in [0.2, 0.25) is 5.91 Å². The molecule has 0 aliphatic rings. The van der Waals surface area contributed by atoms with Crippen LogP contribution >= 0.6 is 0 Å². The summed E-state index contributed by atoms with van der Waals surface area (Å²) in [6.45, 7) is -0.384. The van der Waals surface area contributed by atoms with Crippen molar-refractivity contribution in [2.24, 2.45) is 0 Å². The molecule has 0 heterocycles. The second kappa shape index (κ2) is 13.1. The molecule has 0 saturated heterocycles. The number of hydrogen-bond acceptors (Lipinski definition) is 3. The number of hydrogen-bond donors (Lipinski definition) is 1. The molecular formula is C32H24F9NO3. The van der Waals surface area contributed by atoms with Gasteiger partial charge in [-0.1, -0.05) is 72.8 Å². The van der Waals surface area contributed by atoms with Gasteiger partial charge in [-0.2, -0.15) is 13.2 Å². The maximum atomic E-state index is 13.2. The third-order valence-corrected chi connectivity index (χ3v) is 6.80. The van der Waals surface area contributed by atoms with Crippen molar-refractivity contribution in [3.63, 3.8) is 0 Å². The molecule has 4 rings (SSSR count). The normalized spacial score (nSPS) is 12.5. The van der Waals surface area contributed by atoms with Crippen LogP contribution in [0.25, 0.3) is 0 Å². The summed E-state index contributed by atoms with van der Waals surface area (Å²) in [4.78, 5) is 13.1. The Morgan fingerprint density at radius 1 is 0.578 bits per heavy atom. The smallest absolute Gasteiger partial charge is 0.406 e. The largest absolute Gasteiger partial charge is 0.573 e. The molecule has 238 valence electrons. The molecule has 0 saturated carbocycles. The molecule has 0 bridgehead atoms. The average Bonchev–Trinajstić information content (AvgIpc) is 2.94. The zero-order valence-electron chi connectivity index (χ0n) is 23.1. The average molecular weight is 642 g/mol. The molecule has 1 N–H and O–H groups in total. The van der Waals surface area contributed by atoms with Gasteiger partial charge < -0.3 is 14.8 Å². The highest BCUT2D eigenvalue weighted by molar-refractivity contribution is 5.79. The fourth-order valence-corrected chi connectivity index (χ4v) is 4.92. The zero-order valence-corrected chi connectivity index (χ0v) is 23.1. The first-order valence-electron chi connectivity index (χ1n) is 13.2. The topological polar surface area (TPSA) is 47.6 Å². The number of carbonyl (C=O) groups is 1. The number of benzene rings is 4. The van der Waals surface area contributed by atoms with Crippen molar-refractivity contribution in [1.29, 1.82) is 0 Å². The maximum Gasteiger partial charge on any atom is 0.573 e. The molecule has 4 aromatic rings. The number of ether oxygens (including phenoxy) is 2. The standard InChI is InChI=1S/C32H24F9NO3/c33-30(34,35)25-12-4-9-22(15-25)16-28(43)42-20-29(19-21-7-2-1-3-8-21,23-10-5-13-26(17-23)44-31(36,37)38)24-11-6-14-27(18-24)45-32(39,40)41/h1-15,17-18H,16,19-20H2,(H,42,43). The van der Waals surface area contributed by atoms with Crippen molar-refractivity contribution in [3.8, 4) is 11.5 Å². The van der Waals surface area contributed by atoms with Crippen molar-refractivity contribution in [2.75, 3.05) is 6.54 Å². The first kappa shape index (κ1) is 33.2. The number of rotatable bonds is 10. The van der Waals surface area contributed by atoms with E-state index in [1.54, 1.807) is 30.3 Å². The second-order valence-electron chi connectivity index (χ2n) is 10.0. The second-order valence-corrected chi connectivity index (χ2v) is 10.0. The van der Waals surface area contributed by atoms with E-state index in [0.29, 0.717) is 5.56 Å². The Morgan fingerprint density at radius 2 is 1.07 bits per heavy atom. The highest BCUT2D eigenvalue weighted by Crippen LogP contribution is 2.40. The highest BCUT2D eigenvalue weighted by Gasteiger charge is 2.38. The number of carbonyl (C=O) groups excluding carboxylic acids is 1. The van der Waals surface area contributed by atoms with E-state index in [9.17, 15) is 44.3 Å². The summed E-state index contributed by atoms with van der Waals surface area (Å²) in [7, 11) is 0. The summed E-state index contributed by atoms with van der Waals surface area (Å²) in [5.41, 5.74) is -1.57. The van der Waals surface area contributed by atoms with Crippen molar-refractivity contribution in [1.82, 2.24) is 5.32 Å². The molecule has 0 fully saturated rings. The van der Waals surface area contributed by atoms with Crippen LogP contribution in [-0.4, -0.2) is 25.2 Å². The minimum Gasteiger partial charge on any atom is -0.406 e. The van der Waals surface area contributed by atoms with Gasteiger partial charge in [-0.15, -0.1) is 26.3 Å². The van der Waals surface area contributed by atoms with E-state index in [1.807, 2.05) is 0 Å². The van der Waals surface area contributed by atoms with Crippen molar-refractivity contribution < 1.29 is 53.8 Å². The Bertz CT molecular complexity index is 1540. The molecule has 13 heteroatoms. The number of nitrogens with one attached hydrogen (secondary N) is 1. The molecule has 4 aromatic carbocycles. The maximum absolute atomic E-state index is 13.2. The molecule has 0 aromatic heterocycles.